The van der Waals surface area contributed by atoms with Gasteiger partial charge in [-0.3, -0.25) is 0 Å². The number of fused-ring (bicyclic) bond motifs is 4. The number of benzene rings is 1. The third-order valence-electron chi connectivity index (χ3n) is 4.73. The van der Waals surface area contributed by atoms with E-state index in [1.807, 2.05) is 0 Å². The maximum Gasteiger partial charge on any atom is 0.283 e. The van der Waals surface area contributed by atoms with Crippen LogP contribution in [-0.2, 0) is 10.3 Å². The Labute approximate surface area is 162 Å². The maximum atomic E-state index is 14.5. The van der Waals surface area contributed by atoms with Crippen LogP contribution in [0.4, 0.5) is 8.78 Å². The first kappa shape index (κ1) is 16.9. The average Bonchev–Trinajstić information content (AvgIpc) is 3.06. The van der Waals surface area contributed by atoms with Crippen molar-refractivity contribution >= 4 is 17.6 Å². The van der Waals surface area contributed by atoms with Gasteiger partial charge in [-0.1, -0.05) is 17.7 Å². The normalized spacial score (nSPS) is 19.5. The van der Waals surface area contributed by atoms with Crippen LogP contribution in [0.5, 0.6) is 11.5 Å². The Kier molecular flexibility index (Phi) is 3.54. The number of nitrogens with zero attached hydrogens (tertiary/aromatic N) is 3. The molecular weight excluding hydrogens is 390 g/mol. The quantitative estimate of drug-likeness (QED) is 0.629. The van der Waals surface area contributed by atoms with Gasteiger partial charge in [-0.15, -0.1) is 0 Å². The van der Waals surface area contributed by atoms with Crippen molar-refractivity contribution in [3.63, 3.8) is 0 Å². The van der Waals surface area contributed by atoms with E-state index in [0.29, 0.717) is 22.4 Å². The lowest BCUT2D eigenvalue weighted by molar-refractivity contribution is 0.257. The zero-order valence-electron chi connectivity index (χ0n) is 14.1. The fourth-order valence-corrected chi connectivity index (χ4v) is 3.67. The topological polar surface area (TPSA) is 82.6 Å². The summed E-state index contributed by atoms with van der Waals surface area (Å²) < 4.78 is 39.8. The van der Waals surface area contributed by atoms with Crippen molar-refractivity contribution in [2.24, 2.45) is 10.7 Å². The number of ether oxygens (including phenoxy) is 2. The Morgan fingerprint density at radius 1 is 1.18 bits per heavy atom. The van der Waals surface area contributed by atoms with Gasteiger partial charge in [0.05, 0.1) is 0 Å². The van der Waals surface area contributed by atoms with Gasteiger partial charge in [-0.25, -0.2) is 19.4 Å². The highest BCUT2D eigenvalue weighted by molar-refractivity contribution is 6.29. The fourth-order valence-electron chi connectivity index (χ4n) is 3.49. The van der Waals surface area contributed by atoms with E-state index >= 15 is 0 Å². The third-order valence-corrected chi connectivity index (χ3v) is 4.92. The second-order valence-electron chi connectivity index (χ2n) is 6.36. The van der Waals surface area contributed by atoms with Crippen LogP contribution in [0.1, 0.15) is 11.3 Å². The van der Waals surface area contributed by atoms with Gasteiger partial charge in [-0.2, -0.15) is 4.39 Å². The summed E-state index contributed by atoms with van der Waals surface area (Å²) in [7, 11) is 0. The predicted molar refractivity (Wildman–Crippen MR) is 97.3 cm³/mol. The van der Waals surface area contributed by atoms with Crippen LogP contribution in [0, 0.1) is 11.8 Å². The van der Waals surface area contributed by atoms with Crippen LogP contribution in [0.25, 0.3) is 11.1 Å². The zero-order valence-corrected chi connectivity index (χ0v) is 14.9. The van der Waals surface area contributed by atoms with Crippen molar-refractivity contribution in [1.82, 2.24) is 9.97 Å². The molecule has 0 bridgehead atoms. The molecule has 2 N–H and O–H groups in total. The molecule has 140 valence electrons. The summed E-state index contributed by atoms with van der Waals surface area (Å²) in [6.07, 6.45) is 1.36. The van der Waals surface area contributed by atoms with Crippen molar-refractivity contribution in [2.75, 3.05) is 6.61 Å². The van der Waals surface area contributed by atoms with E-state index in [9.17, 15) is 8.78 Å². The summed E-state index contributed by atoms with van der Waals surface area (Å²) in [5.74, 6) is -1.06. The fraction of sp³-hybridized carbons (Fsp3) is 0.105. The highest BCUT2D eigenvalue weighted by Gasteiger charge is 2.49. The molecule has 0 amide bonds. The molecule has 1 aromatic carbocycles. The molecule has 1 unspecified atom stereocenters. The van der Waals surface area contributed by atoms with Gasteiger partial charge < -0.3 is 15.2 Å². The number of rotatable bonds is 1. The molecule has 0 saturated carbocycles. The molecule has 0 radical (unpaired) electrons. The number of pyridine rings is 2. The molecule has 0 aliphatic carbocycles. The van der Waals surface area contributed by atoms with E-state index < -0.39 is 17.3 Å². The summed E-state index contributed by atoms with van der Waals surface area (Å²) in [6, 6.07) is 9.17. The van der Waals surface area contributed by atoms with Gasteiger partial charge >= 0.3 is 0 Å². The van der Waals surface area contributed by atoms with Crippen LogP contribution >= 0.6 is 11.6 Å². The van der Waals surface area contributed by atoms with Crippen molar-refractivity contribution in [3.8, 4) is 22.6 Å². The summed E-state index contributed by atoms with van der Waals surface area (Å²) in [6.45, 7) is -0.0199. The molecule has 2 aliphatic heterocycles. The highest BCUT2D eigenvalue weighted by Crippen LogP contribution is 2.51. The standard InChI is InChI=1S/C19H11ClF2N4O2/c20-14-7-12(21)15-16(25-14)19(8-27-18(23)26-19)11-6-9(3-4-13(11)28-15)10-2-1-5-24-17(10)22/h1-7H,8H2,(H2,23,26). The highest BCUT2D eigenvalue weighted by atomic mass is 35.5. The van der Waals surface area contributed by atoms with E-state index in [4.69, 9.17) is 26.8 Å². The lowest BCUT2D eigenvalue weighted by Crippen LogP contribution is -2.32. The van der Waals surface area contributed by atoms with Gasteiger partial charge in [-0.05, 0) is 29.8 Å². The summed E-state index contributed by atoms with van der Waals surface area (Å²) in [4.78, 5) is 12.3. The van der Waals surface area contributed by atoms with E-state index in [-0.39, 0.29) is 29.2 Å². The number of hydrogen-bond donors (Lipinski definition) is 1. The molecule has 28 heavy (non-hydrogen) atoms. The molecule has 2 aliphatic rings. The number of nitrogens with two attached hydrogens (primary N) is 1. The molecule has 2 aromatic heterocycles. The van der Waals surface area contributed by atoms with Crippen molar-refractivity contribution in [2.45, 2.75) is 5.54 Å². The van der Waals surface area contributed by atoms with Gasteiger partial charge in [0, 0.05) is 23.4 Å². The Morgan fingerprint density at radius 2 is 2.04 bits per heavy atom. The molecule has 1 spiro atoms. The summed E-state index contributed by atoms with van der Waals surface area (Å²) in [5.41, 5.74) is 6.01. The lowest BCUT2D eigenvalue weighted by Gasteiger charge is -2.32. The predicted octanol–water partition coefficient (Wildman–Crippen LogP) is 3.77. The van der Waals surface area contributed by atoms with Crippen LogP contribution < -0.4 is 10.5 Å². The first-order chi connectivity index (χ1) is 13.5. The van der Waals surface area contributed by atoms with Crippen molar-refractivity contribution in [1.29, 1.82) is 0 Å². The molecule has 3 aromatic rings. The summed E-state index contributed by atoms with van der Waals surface area (Å²) >= 11 is 5.97. The summed E-state index contributed by atoms with van der Waals surface area (Å²) in [5, 5.41) is -0.0576. The zero-order chi connectivity index (χ0) is 19.5. The van der Waals surface area contributed by atoms with Gasteiger partial charge in [0.1, 0.15) is 23.2 Å². The SMILES string of the molecule is NC1=NC2(CO1)c1cc(-c3cccnc3F)ccc1Oc1c(F)cc(Cl)nc12. The number of aromatic nitrogens is 2. The van der Waals surface area contributed by atoms with Crippen LogP contribution in [-0.4, -0.2) is 22.6 Å². The largest absolute Gasteiger partial charge is 0.462 e. The molecule has 9 heteroatoms. The number of halogens is 3. The van der Waals surface area contributed by atoms with Gasteiger partial charge in [0.15, 0.2) is 17.1 Å². The Bertz CT molecular complexity index is 1170. The lowest BCUT2D eigenvalue weighted by atomic mass is 9.83. The average molecular weight is 401 g/mol. The van der Waals surface area contributed by atoms with E-state index in [2.05, 4.69) is 15.0 Å². The second-order valence-corrected chi connectivity index (χ2v) is 6.75. The molecular formula is C19H11ClF2N4O2. The minimum Gasteiger partial charge on any atom is -0.462 e. The monoisotopic (exact) mass is 400 g/mol. The molecule has 1 atom stereocenters. The first-order valence-corrected chi connectivity index (χ1v) is 8.64. The Hall–Kier alpha value is -3.26. The van der Waals surface area contributed by atoms with Gasteiger partial charge in [0.25, 0.3) is 6.02 Å². The van der Waals surface area contributed by atoms with Crippen LogP contribution in [0.15, 0.2) is 47.6 Å². The number of hydrogen-bond acceptors (Lipinski definition) is 6. The molecule has 0 saturated heterocycles. The van der Waals surface area contributed by atoms with E-state index in [1.165, 1.54) is 6.20 Å². The van der Waals surface area contributed by atoms with Gasteiger partial charge in [0.2, 0.25) is 5.95 Å². The van der Waals surface area contributed by atoms with Crippen molar-refractivity contribution < 1.29 is 18.3 Å². The molecule has 6 nitrogen and oxygen atoms in total. The molecule has 4 heterocycles. The number of amidine groups is 1. The minimum absolute atomic E-state index is 0.0199. The van der Waals surface area contributed by atoms with Crippen molar-refractivity contribution in [3.05, 3.63) is 70.8 Å². The second kappa shape index (κ2) is 5.87. The van der Waals surface area contributed by atoms with E-state index in [1.54, 1.807) is 30.3 Å². The molecule has 0 fully saturated rings. The third kappa shape index (κ3) is 2.34. The smallest absolute Gasteiger partial charge is 0.283 e. The maximum absolute atomic E-state index is 14.5. The van der Waals surface area contributed by atoms with Crippen LogP contribution in [0.2, 0.25) is 5.15 Å². The first-order valence-electron chi connectivity index (χ1n) is 8.26. The van der Waals surface area contributed by atoms with Crippen LogP contribution in [0.3, 0.4) is 0 Å². The number of aliphatic imine (C=N–C) groups is 1. The Morgan fingerprint density at radius 3 is 2.79 bits per heavy atom. The van der Waals surface area contributed by atoms with E-state index in [0.717, 1.165) is 6.07 Å². The molecule has 5 rings (SSSR count). The Balaban J connectivity index is 1.78. The minimum atomic E-state index is -1.26.